The molecular weight excluding hydrogens is 459 g/mol. The quantitative estimate of drug-likeness (QED) is 0.325. The Bertz CT molecular complexity index is 1270. The van der Waals surface area contributed by atoms with Crippen LogP contribution in [0.3, 0.4) is 0 Å². The molecule has 1 saturated heterocycles. The van der Waals surface area contributed by atoms with E-state index in [1.807, 2.05) is 35.4 Å². The van der Waals surface area contributed by atoms with Crippen LogP contribution in [0.1, 0.15) is 38.8 Å². The maximum atomic E-state index is 5.06. The van der Waals surface area contributed by atoms with Gasteiger partial charge in [0.05, 0.1) is 53.8 Å². The van der Waals surface area contributed by atoms with Crippen molar-refractivity contribution in [2.45, 2.75) is 38.8 Å². The van der Waals surface area contributed by atoms with Crippen molar-refractivity contribution in [2.24, 2.45) is 0 Å². The van der Waals surface area contributed by atoms with E-state index in [0.717, 1.165) is 54.0 Å². The zero-order valence-electron chi connectivity index (χ0n) is 21.4. The Kier molecular flexibility index (Phi) is 6.72. The Labute approximate surface area is 208 Å². The summed E-state index contributed by atoms with van der Waals surface area (Å²) in [6.45, 7) is 6.39. The molecule has 35 heavy (non-hydrogen) atoms. The molecule has 0 bridgehead atoms. The summed E-state index contributed by atoms with van der Waals surface area (Å²) in [5.74, 6) is 0. The van der Waals surface area contributed by atoms with Crippen LogP contribution in [-0.4, -0.2) is 89.5 Å². The van der Waals surface area contributed by atoms with E-state index in [1.54, 1.807) is 0 Å². The molecule has 4 aromatic heterocycles. The van der Waals surface area contributed by atoms with Gasteiger partial charge in [-0.1, -0.05) is 13.8 Å². The smallest absolute Gasteiger partial charge is 0.119 e. The van der Waals surface area contributed by atoms with E-state index in [4.69, 9.17) is 10.1 Å². The fourth-order valence-corrected chi connectivity index (χ4v) is 7.28. The Morgan fingerprint density at radius 1 is 0.943 bits per heavy atom. The lowest BCUT2D eigenvalue weighted by Crippen LogP contribution is -2.48. The fraction of sp³-hybridized carbons (Fsp3) is 0.500. The van der Waals surface area contributed by atoms with Crippen molar-refractivity contribution in [3.05, 3.63) is 43.2 Å². The predicted molar refractivity (Wildman–Crippen MR) is 140 cm³/mol. The average molecular weight is 495 g/mol. The van der Waals surface area contributed by atoms with Crippen LogP contribution in [0.2, 0.25) is 0 Å². The van der Waals surface area contributed by atoms with Gasteiger partial charge in [0.25, 0.3) is 0 Å². The van der Waals surface area contributed by atoms with Crippen molar-refractivity contribution < 1.29 is 0 Å². The summed E-state index contributed by atoms with van der Waals surface area (Å²) in [4.78, 5) is 5.06. The molecule has 1 fully saturated rings. The molecule has 0 N–H and O–H groups in total. The maximum Gasteiger partial charge on any atom is 0.119 e. The number of hydrogen-bond donors (Lipinski definition) is 0. The molecule has 0 amide bonds. The second-order valence-corrected chi connectivity index (χ2v) is 12.2. The molecule has 0 unspecified atom stereocenters. The highest BCUT2D eigenvalue weighted by Gasteiger charge is 2.36. The fourth-order valence-electron chi connectivity index (χ4n) is 4.88. The Morgan fingerprint density at radius 3 is 2.34 bits per heavy atom. The number of aromatic nitrogens is 7. The van der Waals surface area contributed by atoms with Gasteiger partial charge in [-0.25, -0.2) is 9.50 Å². The van der Waals surface area contributed by atoms with E-state index in [-0.39, 0.29) is 0 Å². The van der Waals surface area contributed by atoms with Crippen LogP contribution in [0.4, 0.5) is 0 Å². The van der Waals surface area contributed by atoms with Gasteiger partial charge in [-0.05, 0) is 47.1 Å². The highest BCUT2D eigenvalue weighted by atomic mass is 31.2. The summed E-state index contributed by atoms with van der Waals surface area (Å²) in [7, 11) is 8.16. The number of rotatable bonds is 9. The van der Waals surface area contributed by atoms with Gasteiger partial charge in [0, 0.05) is 36.6 Å². The van der Waals surface area contributed by atoms with E-state index in [9.17, 15) is 0 Å². The van der Waals surface area contributed by atoms with Crippen LogP contribution < -0.4 is 0 Å². The molecule has 186 valence electrons. The maximum absolute atomic E-state index is 5.06. The third-order valence-electron chi connectivity index (χ3n) is 6.66. The predicted octanol–water partition coefficient (Wildman–Crippen LogP) is 4.02. The number of nitrogens with zero attached hydrogens (tertiary/aromatic N) is 10. The average Bonchev–Trinajstić information content (AvgIpc) is 3.56. The monoisotopic (exact) mass is 494 g/mol. The Hall–Kier alpha value is -2.65. The molecule has 0 spiro atoms. The SMILES string of the molecule is CCC(CC)n1cc(-c2nc(-c3cnn(C4CN(P(N(C)C)N(C)C)C4)c3)cn3nccc23)cn1. The molecule has 0 radical (unpaired) electrons. The molecule has 0 aliphatic carbocycles. The van der Waals surface area contributed by atoms with Crippen molar-refractivity contribution in [2.75, 3.05) is 41.3 Å². The molecule has 0 aromatic carbocycles. The van der Waals surface area contributed by atoms with E-state index in [1.165, 1.54) is 0 Å². The van der Waals surface area contributed by atoms with Crippen LogP contribution >= 0.6 is 8.37 Å². The first-order valence-corrected chi connectivity index (χ1v) is 13.4. The summed E-state index contributed by atoms with van der Waals surface area (Å²) in [6.07, 6.45) is 14.0. The lowest BCUT2D eigenvalue weighted by molar-refractivity contribution is 0.184. The van der Waals surface area contributed by atoms with E-state index in [2.05, 4.69) is 88.0 Å². The first-order chi connectivity index (χ1) is 16.9. The molecule has 11 heteroatoms. The largest absolute Gasteiger partial charge is 0.269 e. The minimum Gasteiger partial charge on any atom is -0.269 e. The van der Waals surface area contributed by atoms with Crippen molar-refractivity contribution in [3.63, 3.8) is 0 Å². The molecule has 0 saturated carbocycles. The minimum absolute atomic E-state index is 0.375. The van der Waals surface area contributed by atoms with Gasteiger partial charge >= 0.3 is 0 Å². The van der Waals surface area contributed by atoms with Crippen LogP contribution in [0.5, 0.6) is 0 Å². The van der Waals surface area contributed by atoms with Crippen LogP contribution in [0.25, 0.3) is 28.0 Å². The van der Waals surface area contributed by atoms with Crippen molar-refractivity contribution in [3.8, 4) is 22.5 Å². The van der Waals surface area contributed by atoms with Crippen LogP contribution in [0, 0.1) is 0 Å². The van der Waals surface area contributed by atoms with Crippen LogP contribution in [-0.2, 0) is 0 Å². The Balaban J connectivity index is 1.41. The summed E-state index contributed by atoms with van der Waals surface area (Å²) in [5, 5.41) is 13.8. The zero-order chi connectivity index (χ0) is 24.7. The van der Waals surface area contributed by atoms with Gasteiger partial charge in [0.15, 0.2) is 0 Å². The summed E-state index contributed by atoms with van der Waals surface area (Å²) in [5.41, 5.74) is 4.73. The van der Waals surface area contributed by atoms with Gasteiger partial charge < -0.3 is 0 Å². The summed E-state index contributed by atoms with van der Waals surface area (Å²) in [6, 6.07) is 2.77. The number of fused-ring (bicyclic) bond motifs is 1. The first-order valence-electron chi connectivity index (χ1n) is 12.2. The molecule has 4 aromatic rings. The van der Waals surface area contributed by atoms with Crippen molar-refractivity contribution >= 4 is 13.9 Å². The number of hydrogen-bond acceptors (Lipinski definition) is 7. The molecule has 5 rings (SSSR count). The van der Waals surface area contributed by atoms with E-state index in [0.29, 0.717) is 12.1 Å². The van der Waals surface area contributed by atoms with Gasteiger partial charge in [0.2, 0.25) is 0 Å². The van der Waals surface area contributed by atoms with E-state index < -0.39 is 8.37 Å². The van der Waals surface area contributed by atoms with Crippen molar-refractivity contribution in [1.82, 2.24) is 48.2 Å². The first kappa shape index (κ1) is 24.1. The lowest BCUT2D eigenvalue weighted by Gasteiger charge is -2.47. The summed E-state index contributed by atoms with van der Waals surface area (Å²) >= 11 is 0. The third kappa shape index (κ3) is 4.51. The molecule has 1 aliphatic heterocycles. The van der Waals surface area contributed by atoms with Gasteiger partial charge in [-0.15, -0.1) is 0 Å². The molecule has 5 heterocycles. The van der Waals surface area contributed by atoms with Crippen LogP contribution in [0.15, 0.2) is 43.2 Å². The standard InChI is InChI=1S/C24H35N10P/c1-7-20(8-2)32-14-19(12-27-32)24-23-9-10-25-34(23)17-22(28-24)18-11-26-33(13-18)21-15-31(16-21)35(29(3)4)30(5)6/h9-14,17,20-21H,7-8,15-16H2,1-6H3. The van der Waals surface area contributed by atoms with Gasteiger partial charge in [-0.3, -0.25) is 23.4 Å². The van der Waals surface area contributed by atoms with Gasteiger partial charge in [-0.2, -0.15) is 15.3 Å². The second kappa shape index (κ2) is 9.78. The normalized spacial score (nSPS) is 15.4. The highest BCUT2D eigenvalue weighted by molar-refractivity contribution is 7.50. The van der Waals surface area contributed by atoms with Gasteiger partial charge in [0.1, 0.15) is 8.37 Å². The molecule has 0 atom stereocenters. The Morgan fingerprint density at radius 2 is 1.66 bits per heavy atom. The van der Waals surface area contributed by atoms with Crippen molar-refractivity contribution in [1.29, 1.82) is 0 Å². The summed E-state index contributed by atoms with van der Waals surface area (Å²) < 4.78 is 13.2. The topological polar surface area (TPSA) is 75.6 Å². The highest BCUT2D eigenvalue weighted by Crippen LogP contribution is 2.49. The molecule has 10 nitrogen and oxygen atoms in total. The third-order valence-corrected chi connectivity index (χ3v) is 8.93. The zero-order valence-corrected chi connectivity index (χ0v) is 22.3. The second-order valence-electron chi connectivity index (χ2n) is 9.51. The molecular formula is C24H35N10P. The van der Waals surface area contributed by atoms with E-state index >= 15 is 0 Å². The lowest BCUT2D eigenvalue weighted by atomic mass is 10.1. The minimum atomic E-state index is -0.430. The molecule has 1 aliphatic rings.